The minimum absolute atomic E-state index is 0.367. The van der Waals surface area contributed by atoms with E-state index < -0.39 is 0 Å². The molecule has 21 heavy (non-hydrogen) atoms. The van der Waals surface area contributed by atoms with Crippen LogP contribution in [0.4, 0.5) is 0 Å². The summed E-state index contributed by atoms with van der Waals surface area (Å²) in [6, 6.07) is 4.07. The summed E-state index contributed by atoms with van der Waals surface area (Å²) >= 11 is 0. The van der Waals surface area contributed by atoms with E-state index in [1.165, 1.54) is 6.42 Å². The number of ether oxygens (including phenoxy) is 2. The monoisotopic (exact) mass is 291 g/mol. The van der Waals surface area contributed by atoms with Gasteiger partial charge in [-0.15, -0.1) is 0 Å². The van der Waals surface area contributed by atoms with Gasteiger partial charge in [-0.2, -0.15) is 0 Å². The van der Waals surface area contributed by atoms with Crippen LogP contribution in [-0.4, -0.2) is 67.8 Å². The Labute approximate surface area is 126 Å². The fourth-order valence-electron chi connectivity index (χ4n) is 3.39. The molecule has 0 N–H and O–H groups in total. The minimum atomic E-state index is 0.367. The summed E-state index contributed by atoms with van der Waals surface area (Å²) in [4.78, 5) is 9.14. The van der Waals surface area contributed by atoms with Crippen molar-refractivity contribution >= 4 is 0 Å². The molecule has 2 saturated heterocycles. The van der Waals surface area contributed by atoms with Gasteiger partial charge in [0, 0.05) is 43.9 Å². The zero-order valence-electron chi connectivity index (χ0n) is 13.0. The highest BCUT2D eigenvalue weighted by Gasteiger charge is 2.32. The average Bonchev–Trinajstić information content (AvgIpc) is 2.68. The van der Waals surface area contributed by atoms with E-state index in [0.29, 0.717) is 12.0 Å². The Balaban J connectivity index is 1.63. The van der Waals surface area contributed by atoms with Gasteiger partial charge >= 0.3 is 0 Å². The SMILES string of the molecule is COc1ncccc1CN1CC[C@H]2CN(C)CCO[C@H]2C1. The number of hydrogen-bond donors (Lipinski definition) is 0. The van der Waals surface area contributed by atoms with Gasteiger partial charge < -0.3 is 14.4 Å². The summed E-state index contributed by atoms with van der Waals surface area (Å²) in [5.41, 5.74) is 1.16. The summed E-state index contributed by atoms with van der Waals surface area (Å²) in [5.74, 6) is 1.41. The number of nitrogens with zero attached hydrogens (tertiary/aromatic N) is 3. The van der Waals surface area contributed by atoms with E-state index in [9.17, 15) is 0 Å². The summed E-state index contributed by atoms with van der Waals surface area (Å²) in [6.07, 6.45) is 3.35. The highest BCUT2D eigenvalue weighted by atomic mass is 16.5. The first-order valence-electron chi connectivity index (χ1n) is 7.76. The van der Waals surface area contributed by atoms with Crippen molar-refractivity contribution in [1.29, 1.82) is 0 Å². The minimum Gasteiger partial charge on any atom is -0.481 e. The van der Waals surface area contributed by atoms with E-state index in [0.717, 1.165) is 50.8 Å². The van der Waals surface area contributed by atoms with E-state index in [-0.39, 0.29) is 0 Å². The van der Waals surface area contributed by atoms with E-state index in [4.69, 9.17) is 9.47 Å². The van der Waals surface area contributed by atoms with E-state index in [1.807, 2.05) is 6.07 Å². The molecular formula is C16H25N3O2. The van der Waals surface area contributed by atoms with Crippen molar-refractivity contribution in [3.63, 3.8) is 0 Å². The summed E-state index contributed by atoms with van der Waals surface area (Å²) in [6.45, 7) is 6.08. The Hall–Kier alpha value is -1.17. The largest absolute Gasteiger partial charge is 0.481 e. The van der Waals surface area contributed by atoms with Crippen molar-refractivity contribution in [3.05, 3.63) is 23.9 Å². The number of piperidine rings is 1. The van der Waals surface area contributed by atoms with Gasteiger partial charge in [0.25, 0.3) is 0 Å². The second-order valence-corrected chi connectivity index (χ2v) is 6.13. The van der Waals surface area contributed by atoms with Crippen LogP contribution in [0.1, 0.15) is 12.0 Å². The predicted molar refractivity (Wildman–Crippen MR) is 81.4 cm³/mol. The van der Waals surface area contributed by atoms with Crippen LogP contribution in [0, 0.1) is 5.92 Å². The van der Waals surface area contributed by atoms with Crippen molar-refractivity contribution in [2.45, 2.75) is 19.1 Å². The third-order valence-electron chi connectivity index (χ3n) is 4.57. The van der Waals surface area contributed by atoms with Crippen LogP contribution < -0.4 is 4.74 Å². The zero-order valence-corrected chi connectivity index (χ0v) is 13.0. The number of hydrogen-bond acceptors (Lipinski definition) is 5. The van der Waals surface area contributed by atoms with Crippen molar-refractivity contribution in [2.24, 2.45) is 5.92 Å². The second kappa shape index (κ2) is 6.73. The molecule has 5 heteroatoms. The fourth-order valence-corrected chi connectivity index (χ4v) is 3.39. The molecule has 0 aromatic carbocycles. The maximum atomic E-state index is 6.07. The lowest BCUT2D eigenvalue weighted by atomic mass is 9.93. The van der Waals surface area contributed by atoms with E-state index >= 15 is 0 Å². The van der Waals surface area contributed by atoms with Crippen LogP contribution in [-0.2, 0) is 11.3 Å². The zero-order chi connectivity index (χ0) is 14.7. The Kier molecular flexibility index (Phi) is 4.73. The number of aromatic nitrogens is 1. The third kappa shape index (κ3) is 3.54. The summed E-state index contributed by atoms with van der Waals surface area (Å²) < 4.78 is 11.4. The Morgan fingerprint density at radius 2 is 2.29 bits per heavy atom. The molecule has 0 radical (unpaired) electrons. The van der Waals surface area contributed by atoms with Crippen LogP contribution in [0.5, 0.6) is 5.88 Å². The molecule has 1 aromatic rings. The molecule has 3 heterocycles. The number of methoxy groups -OCH3 is 1. The molecule has 0 unspecified atom stereocenters. The highest BCUT2D eigenvalue weighted by molar-refractivity contribution is 5.25. The Morgan fingerprint density at radius 3 is 3.14 bits per heavy atom. The lowest BCUT2D eigenvalue weighted by Crippen LogP contribution is -2.46. The lowest BCUT2D eigenvalue weighted by Gasteiger charge is -2.37. The van der Waals surface area contributed by atoms with Gasteiger partial charge in [-0.05, 0) is 26.1 Å². The van der Waals surface area contributed by atoms with Gasteiger partial charge in [0.15, 0.2) is 0 Å². The average molecular weight is 291 g/mol. The maximum Gasteiger partial charge on any atom is 0.217 e. The molecule has 0 amide bonds. The maximum absolute atomic E-state index is 6.07. The standard InChI is InChI=1S/C16H25N3O2/c1-18-8-9-21-15-12-19(7-5-13(15)10-18)11-14-4-3-6-17-16(14)20-2/h3-4,6,13,15H,5,7-12H2,1-2H3/t13-,15-/m0/s1. The lowest BCUT2D eigenvalue weighted by molar-refractivity contribution is -0.0243. The molecule has 0 bridgehead atoms. The van der Waals surface area contributed by atoms with Crippen molar-refractivity contribution in [1.82, 2.24) is 14.8 Å². The van der Waals surface area contributed by atoms with Crippen LogP contribution in [0.15, 0.2) is 18.3 Å². The summed E-state index contributed by atoms with van der Waals surface area (Å²) in [5, 5.41) is 0. The van der Waals surface area contributed by atoms with Crippen LogP contribution in [0.3, 0.4) is 0 Å². The van der Waals surface area contributed by atoms with Gasteiger partial charge in [-0.25, -0.2) is 4.98 Å². The van der Waals surface area contributed by atoms with Crippen molar-refractivity contribution in [2.75, 3.05) is 46.9 Å². The van der Waals surface area contributed by atoms with Crippen molar-refractivity contribution < 1.29 is 9.47 Å². The van der Waals surface area contributed by atoms with Gasteiger partial charge in [0.2, 0.25) is 5.88 Å². The van der Waals surface area contributed by atoms with E-state index in [1.54, 1.807) is 13.3 Å². The fraction of sp³-hybridized carbons (Fsp3) is 0.688. The number of rotatable bonds is 3. The molecule has 0 saturated carbocycles. The Morgan fingerprint density at radius 1 is 1.38 bits per heavy atom. The number of pyridine rings is 1. The summed E-state index contributed by atoms with van der Waals surface area (Å²) in [7, 11) is 3.88. The number of likely N-dealkylation sites (tertiary alicyclic amines) is 1. The normalized spacial score (nSPS) is 27.9. The number of likely N-dealkylation sites (N-methyl/N-ethyl adjacent to an activating group) is 1. The molecule has 2 fully saturated rings. The molecule has 2 aliphatic rings. The van der Waals surface area contributed by atoms with Crippen molar-refractivity contribution in [3.8, 4) is 5.88 Å². The molecule has 1 aromatic heterocycles. The second-order valence-electron chi connectivity index (χ2n) is 6.13. The first kappa shape index (κ1) is 14.8. The van der Waals surface area contributed by atoms with Crippen LogP contribution >= 0.6 is 0 Å². The highest BCUT2D eigenvalue weighted by Crippen LogP contribution is 2.26. The van der Waals surface area contributed by atoms with Crippen LogP contribution in [0.2, 0.25) is 0 Å². The van der Waals surface area contributed by atoms with Gasteiger partial charge in [-0.1, -0.05) is 6.07 Å². The smallest absolute Gasteiger partial charge is 0.217 e. The first-order chi connectivity index (χ1) is 10.3. The molecule has 5 nitrogen and oxygen atoms in total. The molecule has 116 valence electrons. The van der Waals surface area contributed by atoms with Gasteiger partial charge in [-0.3, -0.25) is 4.90 Å². The molecule has 0 spiro atoms. The molecule has 2 aliphatic heterocycles. The van der Waals surface area contributed by atoms with Gasteiger partial charge in [0.05, 0.1) is 19.8 Å². The quantitative estimate of drug-likeness (QED) is 0.838. The molecular weight excluding hydrogens is 266 g/mol. The van der Waals surface area contributed by atoms with Gasteiger partial charge in [0.1, 0.15) is 0 Å². The Bertz CT molecular complexity index is 469. The number of fused-ring (bicyclic) bond motifs is 1. The third-order valence-corrected chi connectivity index (χ3v) is 4.57. The molecule has 0 aliphatic carbocycles. The predicted octanol–water partition coefficient (Wildman–Crippen LogP) is 1.24. The topological polar surface area (TPSA) is 37.8 Å². The molecule has 2 atom stereocenters. The van der Waals surface area contributed by atoms with E-state index in [2.05, 4.69) is 27.9 Å². The molecule has 3 rings (SSSR count). The van der Waals surface area contributed by atoms with Crippen LogP contribution in [0.25, 0.3) is 0 Å². The first-order valence-corrected chi connectivity index (χ1v) is 7.76.